The second-order valence-corrected chi connectivity index (χ2v) is 11.7. The second-order valence-electron chi connectivity index (χ2n) is 11.7. The molecule has 49 heavy (non-hydrogen) atoms. The molecule has 0 amide bonds. The molecule has 0 aliphatic heterocycles. The highest BCUT2D eigenvalue weighted by atomic mass is 15.0. The Morgan fingerprint density at radius 2 is 1.22 bits per heavy atom. The Morgan fingerprint density at radius 1 is 0.633 bits per heavy atom. The van der Waals surface area contributed by atoms with Gasteiger partial charge in [0, 0.05) is 50.4 Å². The third-order valence-corrected chi connectivity index (χ3v) is 8.88. The van der Waals surface area contributed by atoms with Gasteiger partial charge >= 0.3 is 0 Å². The highest BCUT2D eigenvalue weighted by Gasteiger charge is 2.16. The summed E-state index contributed by atoms with van der Waals surface area (Å²) in [7, 11) is 0. The number of hydrogen-bond acceptors (Lipinski definition) is 2. The molecule has 0 saturated heterocycles. The van der Waals surface area contributed by atoms with Gasteiger partial charge < -0.3 is 14.5 Å². The largest absolute Gasteiger partial charge is 0.355 e. The summed E-state index contributed by atoms with van der Waals surface area (Å²) >= 11 is 0. The molecule has 0 radical (unpaired) electrons. The molecule has 0 spiro atoms. The van der Waals surface area contributed by atoms with E-state index in [1.807, 2.05) is 79.0 Å². The van der Waals surface area contributed by atoms with Crippen molar-refractivity contribution in [1.82, 2.24) is 9.13 Å². The first-order chi connectivity index (χ1) is 24.2. The average Bonchev–Trinajstić information content (AvgIpc) is 3.66. The Hall–Kier alpha value is -7.08. The van der Waals surface area contributed by atoms with Crippen LogP contribution in [0.5, 0.6) is 0 Å². The number of rotatable bonds is 7. The van der Waals surface area contributed by atoms with Gasteiger partial charge in [0.15, 0.2) is 6.20 Å². The summed E-state index contributed by atoms with van der Waals surface area (Å²) in [5.74, 6) is 0. The summed E-state index contributed by atoms with van der Waals surface area (Å²) in [4.78, 5) is 3.64. The maximum absolute atomic E-state index is 10.4. The van der Waals surface area contributed by atoms with E-state index in [-0.39, 0.29) is 0 Å². The molecule has 0 unspecified atom stereocenters. The summed E-state index contributed by atoms with van der Waals surface area (Å²) in [6, 6.07) is 52.0. The number of anilines is 2. The van der Waals surface area contributed by atoms with Crippen LogP contribution in [-0.2, 0) is 0 Å². The lowest BCUT2D eigenvalue weighted by Crippen LogP contribution is -1.95. The fraction of sp³-hybridized carbons (Fsp3) is 0. The van der Waals surface area contributed by atoms with Crippen LogP contribution >= 0.6 is 0 Å². The minimum absolute atomic E-state index is 0.427. The van der Waals surface area contributed by atoms with Crippen LogP contribution in [0.15, 0.2) is 170 Å². The number of para-hydroxylation sites is 5. The first kappa shape index (κ1) is 29.3. The van der Waals surface area contributed by atoms with Gasteiger partial charge in [-0.3, -0.25) is 0 Å². The predicted molar refractivity (Wildman–Crippen MR) is 204 cm³/mol. The van der Waals surface area contributed by atoms with Gasteiger partial charge in [0.2, 0.25) is 0 Å². The van der Waals surface area contributed by atoms with E-state index >= 15 is 0 Å². The van der Waals surface area contributed by atoms with E-state index in [0.29, 0.717) is 11.3 Å². The van der Waals surface area contributed by atoms with Crippen molar-refractivity contribution < 1.29 is 0 Å². The van der Waals surface area contributed by atoms with Crippen LogP contribution in [0.25, 0.3) is 71.5 Å². The van der Waals surface area contributed by atoms with Gasteiger partial charge in [-0.05, 0) is 60.2 Å². The average molecular weight is 628 g/mol. The minimum atomic E-state index is 0.427. The normalized spacial score (nSPS) is 12.2. The van der Waals surface area contributed by atoms with Gasteiger partial charge in [0.05, 0.1) is 40.3 Å². The van der Waals surface area contributed by atoms with Crippen LogP contribution in [-0.4, -0.2) is 9.13 Å². The Bertz CT molecular complexity index is 2650. The minimum Gasteiger partial charge on any atom is -0.355 e. The van der Waals surface area contributed by atoms with E-state index in [9.17, 15) is 5.26 Å². The van der Waals surface area contributed by atoms with Gasteiger partial charge in [0.25, 0.3) is 0 Å². The molecule has 0 aliphatic rings. The first-order valence-electron chi connectivity index (χ1n) is 16.0. The first-order valence-corrected chi connectivity index (χ1v) is 16.0. The molecular weight excluding hydrogens is 599 g/mol. The maximum atomic E-state index is 10.4. The molecule has 5 nitrogen and oxygen atoms in total. The maximum Gasteiger partial charge on any atom is 0.177 e. The van der Waals surface area contributed by atoms with Crippen molar-refractivity contribution in [2.45, 2.75) is 0 Å². The molecule has 0 aliphatic carbocycles. The number of allylic oxidation sites excluding steroid dienone is 4. The zero-order valence-electron chi connectivity index (χ0n) is 26.5. The van der Waals surface area contributed by atoms with Crippen LogP contribution in [0.4, 0.5) is 11.4 Å². The lowest BCUT2D eigenvalue weighted by atomic mass is 9.98. The van der Waals surface area contributed by atoms with Crippen LogP contribution in [0.2, 0.25) is 0 Å². The van der Waals surface area contributed by atoms with Crippen LogP contribution in [0.1, 0.15) is 0 Å². The Kier molecular flexibility index (Phi) is 7.55. The van der Waals surface area contributed by atoms with Crippen molar-refractivity contribution in [3.8, 4) is 17.2 Å². The Balaban J connectivity index is 1.26. The smallest absolute Gasteiger partial charge is 0.177 e. The zero-order valence-corrected chi connectivity index (χ0v) is 26.5. The summed E-state index contributed by atoms with van der Waals surface area (Å²) in [5, 5.41) is 18.4. The molecule has 0 saturated carbocycles. The van der Waals surface area contributed by atoms with Crippen molar-refractivity contribution >= 4 is 66.9 Å². The van der Waals surface area contributed by atoms with E-state index in [0.717, 1.165) is 66.1 Å². The number of aromatic nitrogens is 2. The summed E-state index contributed by atoms with van der Waals surface area (Å²) < 4.78 is 4.20. The van der Waals surface area contributed by atoms with Crippen LogP contribution in [0.3, 0.4) is 0 Å². The van der Waals surface area contributed by atoms with Gasteiger partial charge in [-0.15, -0.1) is 0 Å². The molecule has 0 fully saturated rings. The number of nitrogens with zero attached hydrogens (tertiary/aromatic N) is 4. The second kappa shape index (κ2) is 12.6. The van der Waals surface area contributed by atoms with E-state index in [1.54, 1.807) is 6.08 Å². The number of hydrogen-bond donors (Lipinski definition) is 1. The number of benzene rings is 6. The lowest BCUT2D eigenvalue weighted by Gasteiger charge is -2.13. The quantitative estimate of drug-likeness (QED) is 0.109. The monoisotopic (exact) mass is 627 g/mol. The van der Waals surface area contributed by atoms with Gasteiger partial charge in [-0.1, -0.05) is 103 Å². The summed E-state index contributed by atoms with van der Waals surface area (Å²) in [5.41, 5.74) is 9.33. The van der Waals surface area contributed by atoms with Crippen molar-refractivity contribution in [3.05, 3.63) is 181 Å². The third-order valence-electron chi connectivity index (χ3n) is 8.88. The van der Waals surface area contributed by atoms with Crippen molar-refractivity contribution in [1.29, 1.82) is 5.26 Å². The highest BCUT2D eigenvalue weighted by molar-refractivity contribution is 6.17. The topological polar surface area (TPSA) is 50.0 Å². The van der Waals surface area contributed by atoms with Crippen LogP contribution < -0.4 is 5.32 Å². The van der Waals surface area contributed by atoms with Gasteiger partial charge in [0.1, 0.15) is 0 Å². The SMILES string of the molecule is [C-]#[N+]/C=C(/C=C(C#N)\C=C\n1c2ccccc2c2c(-c3ccccc3Nc3ccccc3)cccc21)n1c2ccccc2c2ccccc21. The van der Waals surface area contributed by atoms with Crippen molar-refractivity contribution in [3.63, 3.8) is 0 Å². The van der Waals surface area contributed by atoms with Gasteiger partial charge in [-0.2, -0.15) is 5.26 Å². The van der Waals surface area contributed by atoms with E-state index in [2.05, 4.69) is 104 Å². The van der Waals surface area contributed by atoms with Crippen LogP contribution in [0, 0.1) is 17.9 Å². The zero-order chi connectivity index (χ0) is 33.2. The predicted octanol–water partition coefficient (Wildman–Crippen LogP) is 11.7. The third kappa shape index (κ3) is 5.22. The molecule has 0 atom stereocenters. The van der Waals surface area contributed by atoms with Gasteiger partial charge in [-0.25, -0.2) is 4.85 Å². The molecule has 8 aromatic rings. The van der Waals surface area contributed by atoms with E-state index < -0.39 is 0 Å². The molecule has 6 aromatic carbocycles. The number of fused-ring (bicyclic) bond motifs is 6. The van der Waals surface area contributed by atoms with E-state index in [4.69, 9.17) is 6.57 Å². The molecule has 2 heterocycles. The van der Waals surface area contributed by atoms with E-state index in [1.165, 1.54) is 6.20 Å². The number of nitriles is 1. The summed E-state index contributed by atoms with van der Waals surface area (Å²) in [6.07, 6.45) is 7.06. The molecule has 5 heteroatoms. The van der Waals surface area contributed by atoms with Crippen molar-refractivity contribution in [2.24, 2.45) is 0 Å². The standard InChI is InChI=1S/C44H29N5/c1-46-30-33(49-41-23-11-6-17-35(41)36-18-7-12-24-42(36)49)28-31(29-45)26-27-48-40-22-10-8-19-38(40)44-37(20-13-25-43(44)48)34-16-5-9-21-39(34)47-32-14-3-2-4-15-32/h2-28,30,47H/b27-26+,31-28+,33-30-. The fourth-order valence-electron chi connectivity index (χ4n) is 6.80. The Morgan fingerprint density at radius 3 is 1.94 bits per heavy atom. The molecule has 8 rings (SSSR count). The Labute approximate surface area is 284 Å². The lowest BCUT2D eigenvalue weighted by molar-refractivity contribution is 1.23. The molecule has 230 valence electrons. The molecule has 1 N–H and O–H groups in total. The molecule has 0 bridgehead atoms. The number of nitrogens with one attached hydrogen (secondary N) is 1. The fourth-order valence-corrected chi connectivity index (χ4v) is 6.80. The highest BCUT2D eigenvalue weighted by Crippen LogP contribution is 2.40. The van der Waals surface area contributed by atoms with Crippen molar-refractivity contribution in [2.75, 3.05) is 5.32 Å². The molecule has 2 aromatic heterocycles. The molecular formula is C44H29N5. The summed E-state index contributed by atoms with van der Waals surface area (Å²) in [6.45, 7) is 7.71.